The fourth-order valence-corrected chi connectivity index (χ4v) is 4.72. The van der Waals surface area contributed by atoms with Gasteiger partial charge in [0.1, 0.15) is 5.82 Å². The first-order valence-electron chi connectivity index (χ1n) is 11.8. The van der Waals surface area contributed by atoms with E-state index < -0.39 is 15.7 Å². The lowest BCUT2D eigenvalue weighted by atomic mass is 10.1. The van der Waals surface area contributed by atoms with Crippen LogP contribution in [0, 0.1) is 0 Å². The molecule has 2 heterocycles. The molecule has 0 unspecified atom stereocenters. The second-order valence-corrected chi connectivity index (χ2v) is 10.6. The first-order valence-corrected chi connectivity index (χ1v) is 13.7. The highest BCUT2D eigenvalue weighted by molar-refractivity contribution is 7.90. The molecule has 0 saturated heterocycles. The molecule has 4 aromatic rings. The highest BCUT2D eigenvalue weighted by atomic mass is 32.2. The van der Waals surface area contributed by atoms with Gasteiger partial charge in [0, 0.05) is 37.5 Å². The summed E-state index contributed by atoms with van der Waals surface area (Å²) in [4.78, 5) is 34.9. The normalized spacial score (nSPS) is 11.3. The molecule has 11 heteroatoms. The van der Waals surface area contributed by atoms with Crippen molar-refractivity contribution in [2.24, 2.45) is 0 Å². The zero-order valence-corrected chi connectivity index (χ0v) is 22.1. The molecule has 198 valence electrons. The van der Waals surface area contributed by atoms with Crippen LogP contribution in [0.5, 0.6) is 11.5 Å². The summed E-state index contributed by atoms with van der Waals surface area (Å²) in [6.07, 6.45) is 3.46. The third kappa shape index (κ3) is 6.00. The number of pyridine rings is 1. The molecular formula is C27H28N4O6S. The molecule has 0 spiro atoms. The van der Waals surface area contributed by atoms with Gasteiger partial charge >= 0.3 is 0 Å². The molecule has 1 amide bonds. The molecule has 0 saturated carbocycles. The first kappa shape index (κ1) is 26.8. The Bertz CT molecular complexity index is 1650. The van der Waals surface area contributed by atoms with Crippen LogP contribution in [0.1, 0.15) is 21.7 Å². The minimum Gasteiger partial charge on any atom is -0.493 e. The van der Waals surface area contributed by atoms with Gasteiger partial charge in [0.2, 0.25) is 0 Å². The van der Waals surface area contributed by atoms with Crippen molar-refractivity contribution in [3.63, 3.8) is 0 Å². The van der Waals surface area contributed by atoms with Gasteiger partial charge in [0.25, 0.3) is 11.5 Å². The highest BCUT2D eigenvalue weighted by Gasteiger charge is 2.15. The summed E-state index contributed by atoms with van der Waals surface area (Å²) in [5.74, 6) is 1.27. The number of methoxy groups -OCH3 is 2. The predicted octanol–water partition coefficient (Wildman–Crippen LogP) is 2.43. The fraction of sp³-hybridized carbons (Fsp3) is 0.259. The summed E-state index contributed by atoms with van der Waals surface area (Å²) in [6, 6.07) is 14.8. The van der Waals surface area contributed by atoms with Crippen molar-refractivity contribution in [1.82, 2.24) is 19.9 Å². The van der Waals surface area contributed by atoms with E-state index in [9.17, 15) is 18.0 Å². The van der Waals surface area contributed by atoms with Crippen LogP contribution in [0.4, 0.5) is 0 Å². The Kier molecular flexibility index (Phi) is 8.06. The quantitative estimate of drug-likeness (QED) is 0.327. The Morgan fingerprint density at radius 3 is 2.53 bits per heavy atom. The molecule has 1 N–H and O–H groups in total. The lowest BCUT2D eigenvalue weighted by Gasteiger charge is -2.15. The van der Waals surface area contributed by atoms with Crippen LogP contribution in [0.25, 0.3) is 11.0 Å². The number of nitrogens with zero attached hydrogens (tertiary/aromatic N) is 3. The van der Waals surface area contributed by atoms with E-state index in [1.807, 2.05) is 18.2 Å². The fourth-order valence-electron chi connectivity index (χ4n) is 4.05. The molecule has 38 heavy (non-hydrogen) atoms. The van der Waals surface area contributed by atoms with Gasteiger partial charge in [-0.15, -0.1) is 0 Å². The predicted molar refractivity (Wildman–Crippen MR) is 143 cm³/mol. The number of nitrogens with one attached hydrogen (secondary N) is 1. The topological polar surface area (TPSA) is 129 Å². The molecular weight excluding hydrogens is 508 g/mol. The molecule has 0 fully saturated rings. The second kappa shape index (κ2) is 11.4. The van der Waals surface area contributed by atoms with Crippen molar-refractivity contribution >= 4 is 26.8 Å². The Hall–Kier alpha value is -4.25. The van der Waals surface area contributed by atoms with Crippen molar-refractivity contribution in [1.29, 1.82) is 0 Å². The van der Waals surface area contributed by atoms with E-state index in [1.165, 1.54) is 18.2 Å². The molecule has 0 bridgehead atoms. The van der Waals surface area contributed by atoms with Gasteiger partial charge in [0.15, 0.2) is 27.0 Å². The van der Waals surface area contributed by atoms with E-state index in [2.05, 4.69) is 15.3 Å². The average Bonchev–Trinajstić information content (AvgIpc) is 2.92. The van der Waals surface area contributed by atoms with Crippen LogP contribution in [0.2, 0.25) is 0 Å². The largest absolute Gasteiger partial charge is 0.493 e. The van der Waals surface area contributed by atoms with Gasteiger partial charge in [-0.2, -0.15) is 0 Å². The third-order valence-electron chi connectivity index (χ3n) is 6.04. The van der Waals surface area contributed by atoms with Gasteiger partial charge in [-0.1, -0.05) is 12.1 Å². The summed E-state index contributed by atoms with van der Waals surface area (Å²) in [7, 11) is -0.307. The van der Waals surface area contributed by atoms with Crippen molar-refractivity contribution in [3.8, 4) is 11.5 Å². The van der Waals surface area contributed by atoms with Crippen molar-refractivity contribution < 1.29 is 22.7 Å². The van der Waals surface area contributed by atoms with E-state index in [1.54, 1.807) is 43.2 Å². The second-order valence-electron chi connectivity index (χ2n) is 8.60. The molecule has 10 nitrogen and oxygen atoms in total. The molecule has 0 radical (unpaired) electrons. The van der Waals surface area contributed by atoms with Crippen LogP contribution in [-0.2, 0) is 29.2 Å². The number of aromatic nitrogens is 3. The number of carbonyl (C=O) groups excluding carboxylic acids is 1. The molecule has 0 aliphatic rings. The maximum atomic E-state index is 13.3. The van der Waals surface area contributed by atoms with Crippen molar-refractivity contribution in [3.05, 3.63) is 88.1 Å². The maximum absolute atomic E-state index is 13.3. The smallest absolute Gasteiger partial charge is 0.263 e. The molecule has 0 atom stereocenters. The number of aryl methyl sites for hydroxylation is 1. The van der Waals surface area contributed by atoms with Crippen LogP contribution in [0.15, 0.2) is 70.5 Å². The van der Waals surface area contributed by atoms with Gasteiger partial charge in [-0.25, -0.2) is 18.4 Å². The Morgan fingerprint density at radius 1 is 1.00 bits per heavy atom. The summed E-state index contributed by atoms with van der Waals surface area (Å²) in [6.45, 7) is 0.537. The summed E-state index contributed by atoms with van der Waals surface area (Å²) < 4.78 is 35.9. The number of hydrogen-bond donors (Lipinski definition) is 1. The number of benzene rings is 2. The van der Waals surface area contributed by atoms with Crippen LogP contribution in [0.3, 0.4) is 0 Å². The van der Waals surface area contributed by atoms with E-state index in [0.29, 0.717) is 41.3 Å². The molecule has 2 aromatic carbocycles. The van der Waals surface area contributed by atoms with Gasteiger partial charge in [0.05, 0.1) is 24.5 Å². The summed E-state index contributed by atoms with van der Waals surface area (Å²) in [5.41, 5.74) is 1.30. The van der Waals surface area contributed by atoms with Crippen LogP contribution in [-0.4, -0.2) is 55.9 Å². The Labute approximate surface area is 220 Å². The zero-order valence-electron chi connectivity index (χ0n) is 21.3. The average molecular weight is 537 g/mol. The van der Waals surface area contributed by atoms with E-state index in [0.717, 1.165) is 11.8 Å². The molecule has 0 aliphatic heterocycles. The lowest BCUT2D eigenvalue weighted by molar-refractivity contribution is 0.0953. The number of hydrogen-bond acceptors (Lipinski definition) is 8. The highest BCUT2D eigenvalue weighted by Crippen LogP contribution is 2.27. The molecule has 0 aliphatic carbocycles. The van der Waals surface area contributed by atoms with Crippen molar-refractivity contribution in [2.45, 2.75) is 24.3 Å². The number of fused-ring (bicyclic) bond motifs is 1. The summed E-state index contributed by atoms with van der Waals surface area (Å²) >= 11 is 0. The van der Waals surface area contributed by atoms with Crippen LogP contribution < -0.4 is 20.3 Å². The van der Waals surface area contributed by atoms with Gasteiger partial charge < -0.3 is 14.8 Å². The zero-order chi connectivity index (χ0) is 27.3. The molecule has 4 rings (SSSR count). The van der Waals surface area contributed by atoms with E-state index in [4.69, 9.17) is 9.47 Å². The minimum absolute atomic E-state index is 0.0661. The minimum atomic E-state index is -3.44. The SMILES string of the molecule is COc1ccc(CCn2c(CCNC(=O)c3cccc(S(C)(=O)=O)c3)nc3ncccc3c2=O)cc1OC. The summed E-state index contributed by atoms with van der Waals surface area (Å²) in [5, 5.41) is 3.19. The Morgan fingerprint density at radius 2 is 1.79 bits per heavy atom. The number of ether oxygens (including phenoxy) is 2. The third-order valence-corrected chi connectivity index (χ3v) is 7.15. The number of sulfone groups is 1. The number of rotatable bonds is 10. The lowest BCUT2D eigenvalue weighted by Crippen LogP contribution is -2.31. The van der Waals surface area contributed by atoms with Gasteiger partial charge in [-0.05, 0) is 54.4 Å². The van der Waals surface area contributed by atoms with E-state index >= 15 is 0 Å². The standard InChI is InChI=1S/C27H28N4O6S/c1-36-22-10-9-18(16-23(22)37-2)12-15-31-24(30-25-21(27(31)33)8-5-13-28-25)11-14-29-26(32)19-6-4-7-20(17-19)38(3,34)35/h4-10,13,16-17H,11-12,14-15H2,1-3H3,(H,29,32). The number of amides is 1. The maximum Gasteiger partial charge on any atom is 0.263 e. The van der Waals surface area contributed by atoms with Crippen molar-refractivity contribution in [2.75, 3.05) is 27.0 Å². The Balaban J connectivity index is 1.55. The first-order chi connectivity index (χ1) is 18.2. The molecule has 2 aromatic heterocycles. The van der Waals surface area contributed by atoms with Crippen LogP contribution >= 0.6 is 0 Å². The van der Waals surface area contributed by atoms with E-state index in [-0.39, 0.29) is 29.0 Å². The monoisotopic (exact) mass is 536 g/mol. The number of carbonyl (C=O) groups is 1. The van der Waals surface area contributed by atoms with Gasteiger partial charge in [-0.3, -0.25) is 14.2 Å².